The fourth-order valence-corrected chi connectivity index (χ4v) is 3.25. The van der Waals surface area contributed by atoms with Crippen LogP contribution >= 0.6 is 0 Å². The van der Waals surface area contributed by atoms with Crippen molar-refractivity contribution in [2.75, 3.05) is 6.54 Å². The predicted octanol–water partition coefficient (Wildman–Crippen LogP) is 1.72. The van der Waals surface area contributed by atoms with Gasteiger partial charge in [0.15, 0.2) is 0 Å². The van der Waals surface area contributed by atoms with E-state index in [-0.39, 0.29) is 23.7 Å². The van der Waals surface area contributed by atoms with E-state index in [1.165, 1.54) is 6.21 Å². The summed E-state index contributed by atoms with van der Waals surface area (Å²) < 4.78 is 5.20. The number of amides is 5. The molecule has 0 unspecified atom stereocenters. The summed E-state index contributed by atoms with van der Waals surface area (Å²) in [5.41, 5.74) is 12.6. The van der Waals surface area contributed by atoms with Crippen LogP contribution in [0.15, 0.2) is 5.10 Å². The molecule has 0 aliphatic heterocycles. The minimum Gasteiger partial charge on any atom is -0.444 e. The van der Waals surface area contributed by atoms with E-state index in [0.29, 0.717) is 38.6 Å². The molecule has 5 amide bonds. The van der Waals surface area contributed by atoms with Gasteiger partial charge in [-0.15, -0.1) is 0 Å². The van der Waals surface area contributed by atoms with Crippen LogP contribution < -0.4 is 32.8 Å². The minimum absolute atomic E-state index is 0.143. The third-order valence-corrected chi connectivity index (χ3v) is 4.77. The molecule has 0 aromatic carbocycles. The number of hydrogen-bond donors (Lipinski definition) is 6. The normalized spacial score (nSPS) is 14.3. The molecule has 0 aliphatic rings. The largest absolute Gasteiger partial charge is 0.444 e. The van der Waals surface area contributed by atoms with Crippen molar-refractivity contribution in [3.05, 3.63) is 0 Å². The zero-order valence-corrected chi connectivity index (χ0v) is 22.8. The predicted molar refractivity (Wildman–Crippen MR) is 140 cm³/mol. The number of hydrogen-bond acceptors (Lipinski definition) is 7. The van der Waals surface area contributed by atoms with Gasteiger partial charge in [-0.2, -0.15) is 5.10 Å². The molecule has 0 aromatic rings. The third kappa shape index (κ3) is 17.5. The number of nitrogens with two attached hydrogens (primary N) is 2. The summed E-state index contributed by atoms with van der Waals surface area (Å²) in [5.74, 6) is -0.370. The summed E-state index contributed by atoms with van der Waals surface area (Å²) >= 11 is 0. The molecular weight excluding hydrogens is 466 g/mol. The van der Waals surface area contributed by atoms with Crippen molar-refractivity contribution in [1.82, 2.24) is 21.4 Å². The van der Waals surface area contributed by atoms with E-state index in [1.54, 1.807) is 20.8 Å². The minimum atomic E-state index is -0.832. The second-order valence-corrected chi connectivity index (χ2v) is 10.7. The number of alkyl carbamates (subject to hydrolysis) is 1. The highest BCUT2D eigenvalue weighted by atomic mass is 16.6. The first-order chi connectivity index (χ1) is 16.6. The van der Waals surface area contributed by atoms with Gasteiger partial charge < -0.3 is 32.2 Å². The molecule has 12 heteroatoms. The van der Waals surface area contributed by atoms with Gasteiger partial charge >= 0.3 is 12.1 Å². The molecule has 3 atom stereocenters. The number of carbonyl (C=O) groups is 4. The molecule has 8 N–H and O–H groups in total. The van der Waals surface area contributed by atoms with E-state index < -0.39 is 35.9 Å². The average molecular weight is 514 g/mol. The summed E-state index contributed by atoms with van der Waals surface area (Å²) in [4.78, 5) is 48.3. The number of unbranched alkanes of at least 4 members (excludes halogenated alkanes) is 1. The van der Waals surface area contributed by atoms with Crippen LogP contribution in [-0.4, -0.2) is 60.4 Å². The van der Waals surface area contributed by atoms with Crippen molar-refractivity contribution in [1.29, 1.82) is 0 Å². The van der Waals surface area contributed by atoms with Crippen LogP contribution in [0, 0.1) is 11.8 Å². The standard InChI is InChI=1S/C24H47N7O5/c1-15(2)12-18(25)20(32)30-19(13-16(3)4)21(33)29-17(14-28-31-22(26)34)10-8-9-11-27-23(35)36-24(5,6)7/h14-19H,8-13,25H2,1-7H3,(H,27,35)(H,29,33)(H,30,32)(H3,26,31,34)/b28-14+/t17-,18-,19-/m0/s1. The maximum Gasteiger partial charge on any atom is 0.407 e. The first-order valence-electron chi connectivity index (χ1n) is 12.5. The molecule has 0 aliphatic carbocycles. The molecule has 0 bridgehead atoms. The Kier molecular flexibility index (Phi) is 15.4. The zero-order chi connectivity index (χ0) is 27.9. The third-order valence-electron chi connectivity index (χ3n) is 4.77. The maximum atomic E-state index is 13.1. The second-order valence-electron chi connectivity index (χ2n) is 10.7. The van der Waals surface area contributed by atoms with Crippen LogP contribution in [0.1, 0.15) is 80.6 Å². The van der Waals surface area contributed by atoms with E-state index in [0.717, 1.165) is 0 Å². The Balaban J connectivity index is 5.08. The fraction of sp³-hybridized carbons (Fsp3) is 0.792. The lowest BCUT2D eigenvalue weighted by Gasteiger charge is -2.24. The first kappa shape index (κ1) is 33.1. The number of carbonyl (C=O) groups excluding carboxylic acids is 4. The van der Waals surface area contributed by atoms with E-state index in [4.69, 9.17) is 16.2 Å². The van der Waals surface area contributed by atoms with Gasteiger partial charge in [0.2, 0.25) is 11.8 Å². The average Bonchev–Trinajstić information content (AvgIpc) is 2.70. The highest BCUT2D eigenvalue weighted by Gasteiger charge is 2.26. The molecule has 12 nitrogen and oxygen atoms in total. The van der Waals surface area contributed by atoms with Crippen LogP contribution in [0.4, 0.5) is 9.59 Å². The number of primary amides is 1. The van der Waals surface area contributed by atoms with Crippen LogP contribution in [-0.2, 0) is 14.3 Å². The van der Waals surface area contributed by atoms with E-state index in [9.17, 15) is 19.2 Å². The highest BCUT2D eigenvalue weighted by molar-refractivity contribution is 5.91. The van der Waals surface area contributed by atoms with Crippen LogP contribution in [0.3, 0.4) is 0 Å². The van der Waals surface area contributed by atoms with Crippen molar-refractivity contribution in [2.24, 2.45) is 28.4 Å². The molecule has 0 heterocycles. The van der Waals surface area contributed by atoms with Gasteiger partial charge in [0, 0.05) is 12.8 Å². The van der Waals surface area contributed by atoms with E-state index >= 15 is 0 Å². The number of rotatable bonds is 15. The Morgan fingerprint density at radius 1 is 0.944 bits per heavy atom. The van der Waals surface area contributed by atoms with Crippen molar-refractivity contribution >= 4 is 30.2 Å². The lowest BCUT2D eigenvalue weighted by Crippen LogP contribution is -2.54. The first-order valence-corrected chi connectivity index (χ1v) is 12.5. The van der Waals surface area contributed by atoms with Crippen molar-refractivity contribution in [2.45, 2.75) is 104 Å². The van der Waals surface area contributed by atoms with E-state index in [1.807, 2.05) is 27.7 Å². The molecule has 0 radical (unpaired) electrons. The Morgan fingerprint density at radius 3 is 2.08 bits per heavy atom. The number of hydrazone groups is 1. The zero-order valence-electron chi connectivity index (χ0n) is 22.8. The SMILES string of the molecule is CC(C)C[C@H](NC(=O)[C@@H](N)CC(C)C)C(=O)N[C@H](/C=N/NC(N)=O)CCCCNC(=O)OC(C)(C)C. The fourth-order valence-electron chi connectivity index (χ4n) is 3.25. The Labute approximate surface area is 215 Å². The van der Waals surface area contributed by atoms with Crippen molar-refractivity contribution in [3.8, 4) is 0 Å². The smallest absolute Gasteiger partial charge is 0.407 e. The molecule has 0 aromatic heterocycles. The van der Waals surface area contributed by atoms with Gasteiger partial charge in [0.25, 0.3) is 0 Å². The van der Waals surface area contributed by atoms with Gasteiger partial charge in [0.05, 0.1) is 12.1 Å². The van der Waals surface area contributed by atoms with Gasteiger partial charge in [-0.3, -0.25) is 9.59 Å². The van der Waals surface area contributed by atoms with Gasteiger partial charge in [-0.25, -0.2) is 15.0 Å². The molecular formula is C24H47N7O5. The summed E-state index contributed by atoms with van der Waals surface area (Å²) in [7, 11) is 0. The quantitative estimate of drug-likeness (QED) is 0.110. The number of nitrogens with zero attached hydrogens (tertiary/aromatic N) is 1. The van der Waals surface area contributed by atoms with Gasteiger partial charge in [-0.1, -0.05) is 27.7 Å². The van der Waals surface area contributed by atoms with Gasteiger partial charge in [0.1, 0.15) is 11.6 Å². The molecule has 0 fully saturated rings. The summed E-state index contributed by atoms with van der Waals surface area (Å²) in [6.07, 6.45) is 3.54. The van der Waals surface area contributed by atoms with Gasteiger partial charge in [-0.05, 0) is 64.7 Å². The molecule has 0 saturated carbocycles. The monoisotopic (exact) mass is 513 g/mol. The molecule has 208 valence electrons. The van der Waals surface area contributed by atoms with Crippen molar-refractivity contribution in [3.63, 3.8) is 0 Å². The number of urea groups is 1. The second kappa shape index (κ2) is 16.7. The Morgan fingerprint density at radius 2 is 1.56 bits per heavy atom. The number of ether oxygens (including phenoxy) is 1. The summed E-state index contributed by atoms with van der Waals surface area (Å²) in [5, 5.41) is 12.1. The van der Waals surface area contributed by atoms with Crippen molar-refractivity contribution < 1.29 is 23.9 Å². The molecule has 36 heavy (non-hydrogen) atoms. The summed E-state index contributed by atoms with van der Waals surface area (Å²) in [6.45, 7) is 13.6. The Hall–Kier alpha value is -2.89. The van der Waals surface area contributed by atoms with Crippen LogP contribution in [0.2, 0.25) is 0 Å². The lowest BCUT2D eigenvalue weighted by molar-refractivity contribution is -0.130. The Bertz CT molecular complexity index is 735. The van der Waals surface area contributed by atoms with Crippen LogP contribution in [0.25, 0.3) is 0 Å². The summed E-state index contributed by atoms with van der Waals surface area (Å²) in [6, 6.07) is -2.85. The van der Waals surface area contributed by atoms with E-state index in [2.05, 4.69) is 26.5 Å². The maximum absolute atomic E-state index is 13.1. The number of nitrogens with one attached hydrogen (secondary N) is 4. The lowest BCUT2D eigenvalue weighted by atomic mass is 10.00. The molecule has 0 rings (SSSR count). The molecule has 0 spiro atoms. The molecule has 0 saturated heterocycles. The highest BCUT2D eigenvalue weighted by Crippen LogP contribution is 2.09. The van der Waals surface area contributed by atoms with Crippen LogP contribution in [0.5, 0.6) is 0 Å². The topological polar surface area (TPSA) is 190 Å².